The highest BCUT2D eigenvalue weighted by Gasteiger charge is 2.20. The van der Waals surface area contributed by atoms with Crippen LogP contribution in [-0.2, 0) is 0 Å². The zero-order valence-corrected chi connectivity index (χ0v) is 11.2. The standard InChI is InChI=1S/C16H18FNO/c1-3-14(12-8-4-7-11-16(12)19)18(2)15-10-6-5-9-13(15)17/h4-11,14,19H,3H2,1-2H3. The number of anilines is 1. The van der Waals surface area contributed by atoms with Crippen LogP contribution >= 0.6 is 0 Å². The number of para-hydroxylation sites is 2. The molecule has 1 atom stereocenters. The van der Waals surface area contributed by atoms with Gasteiger partial charge in [0.2, 0.25) is 0 Å². The summed E-state index contributed by atoms with van der Waals surface area (Å²) in [6.07, 6.45) is 0.780. The summed E-state index contributed by atoms with van der Waals surface area (Å²) in [5, 5.41) is 9.96. The van der Waals surface area contributed by atoms with E-state index in [0.717, 1.165) is 12.0 Å². The number of rotatable bonds is 4. The van der Waals surface area contributed by atoms with Crippen LogP contribution in [0, 0.1) is 5.82 Å². The highest BCUT2D eigenvalue weighted by atomic mass is 19.1. The van der Waals surface area contributed by atoms with Gasteiger partial charge in [0.1, 0.15) is 11.6 Å². The second-order valence-corrected chi connectivity index (χ2v) is 4.55. The van der Waals surface area contributed by atoms with Crippen molar-refractivity contribution in [3.63, 3.8) is 0 Å². The summed E-state index contributed by atoms with van der Waals surface area (Å²) in [6.45, 7) is 2.02. The number of nitrogens with zero attached hydrogens (tertiary/aromatic N) is 1. The van der Waals surface area contributed by atoms with E-state index < -0.39 is 0 Å². The maximum Gasteiger partial charge on any atom is 0.146 e. The first-order valence-electron chi connectivity index (χ1n) is 6.40. The Balaban J connectivity index is 2.38. The quantitative estimate of drug-likeness (QED) is 0.892. The van der Waals surface area contributed by atoms with E-state index in [1.807, 2.05) is 37.1 Å². The van der Waals surface area contributed by atoms with Crippen LogP contribution in [0.1, 0.15) is 24.9 Å². The average Bonchev–Trinajstić information content (AvgIpc) is 2.42. The largest absolute Gasteiger partial charge is 0.508 e. The van der Waals surface area contributed by atoms with Crippen molar-refractivity contribution in [3.8, 4) is 5.75 Å². The van der Waals surface area contributed by atoms with E-state index in [4.69, 9.17) is 0 Å². The summed E-state index contributed by atoms with van der Waals surface area (Å²) in [6, 6.07) is 13.8. The summed E-state index contributed by atoms with van der Waals surface area (Å²) in [5.41, 5.74) is 1.35. The van der Waals surface area contributed by atoms with E-state index in [0.29, 0.717) is 5.69 Å². The average molecular weight is 259 g/mol. The molecular formula is C16H18FNO. The number of halogens is 1. The van der Waals surface area contributed by atoms with E-state index >= 15 is 0 Å². The van der Waals surface area contributed by atoms with Gasteiger partial charge >= 0.3 is 0 Å². The molecule has 2 aromatic rings. The van der Waals surface area contributed by atoms with Crippen molar-refractivity contribution < 1.29 is 9.50 Å². The van der Waals surface area contributed by atoms with Crippen LogP contribution in [-0.4, -0.2) is 12.2 Å². The summed E-state index contributed by atoms with van der Waals surface area (Å²) in [4.78, 5) is 1.87. The molecule has 0 aromatic heterocycles. The Morgan fingerprint density at radius 2 is 1.74 bits per heavy atom. The lowest BCUT2D eigenvalue weighted by Crippen LogP contribution is -2.24. The molecule has 0 amide bonds. The molecule has 1 unspecified atom stereocenters. The normalized spacial score (nSPS) is 12.2. The second-order valence-electron chi connectivity index (χ2n) is 4.55. The van der Waals surface area contributed by atoms with Crippen molar-refractivity contribution in [2.24, 2.45) is 0 Å². The summed E-state index contributed by atoms with van der Waals surface area (Å²) >= 11 is 0. The smallest absolute Gasteiger partial charge is 0.146 e. The van der Waals surface area contributed by atoms with Crippen molar-refractivity contribution in [3.05, 3.63) is 59.9 Å². The topological polar surface area (TPSA) is 23.5 Å². The number of phenolic OH excluding ortho intramolecular Hbond substituents is 1. The fraction of sp³-hybridized carbons (Fsp3) is 0.250. The van der Waals surface area contributed by atoms with E-state index in [2.05, 4.69) is 0 Å². The molecule has 0 spiro atoms. The third kappa shape index (κ3) is 2.70. The first-order valence-corrected chi connectivity index (χ1v) is 6.40. The molecule has 0 saturated carbocycles. The van der Waals surface area contributed by atoms with Crippen LogP contribution in [0.2, 0.25) is 0 Å². The van der Waals surface area contributed by atoms with Gasteiger partial charge in [-0.15, -0.1) is 0 Å². The van der Waals surface area contributed by atoms with Gasteiger partial charge in [-0.1, -0.05) is 37.3 Å². The number of hydrogen-bond donors (Lipinski definition) is 1. The molecule has 3 heteroatoms. The van der Waals surface area contributed by atoms with Crippen LogP contribution in [0.3, 0.4) is 0 Å². The molecule has 19 heavy (non-hydrogen) atoms. The molecule has 2 rings (SSSR count). The van der Waals surface area contributed by atoms with Crippen LogP contribution in [0.5, 0.6) is 5.75 Å². The predicted molar refractivity (Wildman–Crippen MR) is 75.9 cm³/mol. The second kappa shape index (κ2) is 5.74. The van der Waals surface area contributed by atoms with Gasteiger partial charge in [-0.3, -0.25) is 0 Å². The molecule has 0 saturated heterocycles. The Bertz CT molecular complexity index is 556. The van der Waals surface area contributed by atoms with Gasteiger partial charge in [0.05, 0.1) is 11.7 Å². The van der Waals surface area contributed by atoms with Crippen molar-refractivity contribution in [2.45, 2.75) is 19.4 Å². The third-order valence-corrected chi connectivity index (χ3v) is 3.38. The number of aromatic hydroxyl groups is 1. The van der Waals surface area contributed by atoms with Gasteiger partial charge in [0.25, 0.3) is 0 Å². The highest BCUT2D eigenvalue weighted by molar-refractivity contribution is 5.50. The van der Waals surface area contributed by atoms with Gasteiger partial charge in [0, 0.05) is 12.6 Å². The van der Waals surface area contributed by atoms with Crippen LogP contribution in [0.25, 0.3) is 0 Å². The SMILES string of the molecule is CCC(c1ccccc1O)N(C)c1ccccc1F. The van der Waals surface area contributed by atoms with E-state index in [-0.39, 0.29) is 17.6 Å². The van der Waals surface area contributed by atoms with Crippen LogP contribution in [0.4, 0.5) is 10.1 Å². The number of benzene rings is 2. The summed E-state index contributed by atoms with van der Waals surface area (Å²) in [7, 11) is 1.85. The Morgan fingerprint density at radius 3 is 2.37 bits per heavy atom. The highest BCUT2D eigenvalue weighted by Crippen LogP contribution is 2.33. The number of phenols is 1. The minimum atomic E-state index is -0.251. The lowest BCUT2D eigenvalue weighted by atomic mass is 10.0. The Morgan fingerprint density at radius 1 is 1.11 bits per heavy atom. The van der Waals surface area contributed by atoms with Crippen molar-refractivity contribution in [1.82, 2.24) is 0 Å². The van der Waals surface area contributed by atoms with Gasteiger partial charge in [0.15, 0.2) is 0 Å². The Labute approximate surface area is 113 Å². The fourth-order valence-electron chi connectivity index (χ4n) is 2.38. The van der Waals surface area contributed by atoms with E-state index in [1.54, 1.807) is 24.3 Å². The third-order valence-electron chi connectivity index (χ3n) is 3.38. The molecule has 0 heterocycles. The minimum Gasteiger partial charge on any atom is -0.508 e. The lowest BCUT2D eigenvalue weighted by molar-refractivity contribution is 0.457. The van der Waals surface area contributed by atoms with Crippen LogP contribution in [0.15, 0.2) is 48.5 Å². The van der Waals surface area contributed by atoms with E-state index in [9.17, 15) is 9.50 Å². The molecule has 0 aliphatic heterocycles. The van der Waals surface area contributed by atoms with Crippen molar-refractivity contribution in [1.29, 1.82) is 0 Å². The van der Waals surface area contributed by atoms with Crippen molar-refractivity contribution in [2.75, 3.05) is 11.9 Å². The molecule has 2 aromatic carbocycles. The maximum atomic E-state index is 13.8. The molecule has 0 aliphatic rings. The monoisotopic (exact) mass is 259 g/mol. The van der Waals surface area contributed by atoms with Gasteiger partial charge in [-0.05, 0) is 24.6 Å². The molecule has 0 aliphatic carbocycles. The lowest BCUT2D eigenvalue weighted by Gasteiger charge is -2.30. The zero-order valence-electron chi connectivity index (χ0n) is 11.2. The zero-order chi connectivity index (χ0) is 13.8. The molecule has 1 N–H and O–H groups in total. The molecule has 2 nitrogen and oxygen atoms in total. The predicted octanol–water partition coefficient (Wildman–Crippen LogP) is 4.12. The Hall–Kier alpha value is -2.03. The first-order chi connectivity index (χ1) is 9.15. The molecule has 0 fully saturated rings. The number of hydrogen-bond acceptors (Lipinski definition) is 2. The Kier molecular flexibility index (Phi) is 4.05. The van der Waals surface area contributed by atoms with Gasteiger partial charge in [-0.25, -0.2) is 4.39 Å². The maximum absolute atomic E-state index is 13.8. The van der Waals surface area contributed by atoms with E-state index in [1.165, 1.54) is 6.07 Å². The van der Waals surface area contributed by atoms with Gasteiger partial charge in [-0.2, -0.15) is 0 Å². The van der Waals surface area contributed by atoms with Gasteiger partial charge < -0.3 is 10.0 Å². The van der Waals surface area contributed by atoms with Crippen LogP contribution < -0.4 is 4.90 Å². The molecular weight excluding hydrogens is 241 g/mol. The molecule has 0 radical (unpaired) electrons. The molecule has 0 bridgehead atoms. The minimum absolute atomic E-state index is 0.0573. The summed E-state index contributed by atoms with van der Waals surface area (Å²) in [5.74, 6) is -0.00332. The summed E-state index contributed by atoms with van der Waals surface area (Å²) < 4.78 is 13.8. The molecule has 100 valence electrons. The fourth-order valence-corrected chi connectivity index (χ4v) is 2.38. The van der Waals surface area contributed by atoms with Crippen molar-refractivity contribution >= 4 is 5.69 Å². The first kappa shape index (κ1) is 13.4.